The molecule has 2 heterocycles. The Bertz CT molecular complexity index is 1110. The molecule has 1 aromatic carbocycles. The smallest absolute Gasteiger partial charge is 0.408 e. The van der Waals surface area contributed by atoms with E-state index in [1.165, 1.54) is 0 Å². The Kier molecular flexibility index (Phi) is 11.3. The van der Waals surface area contributed by atoms with Crippen molar-refractivity contribution in [3.63, 3.8) is 0 Å². The average Bonchev–Trinajstić information content (AvgIpc) is 3.38. The van der Waals surface area contributed by atoms with Crippen molar-refractivity contribution >= 4 is 29.7 Å². The fourth-order valence-corrected chi connectivity index (χ4v) is 5.15. The van der Waals surface area contributed by atoms with E-state index in [0.717, 1.165) is 25.1 Å². The molecular weight excluding hydrogens is 540 g/mol. The summed E-state index contributed by atoms with van der Waals surface area (Å²) in [7, 11) is 0. The van der Waals surface area contributed by atoms with Crippen molar-refractivity contribution in [3.8, 4) is 0 Å². The lowest BCUT2D eigenvalue weighted by Gasteiger charge is -2.47. The maximum absolute atomic E-state index is 13.0. The zero-order valence-electron chi connectivity index (χ0n) is 25.4. The molecule has 12 heteroatoms. The van der Waals surface area contributed by atoms with Crippen LogP contribution in [0.15, 0.2) is 30.3 Å². The molecule has 2 atom stereocenters. The van der Waals surface area contributed by atoms with Gasteiger partial charge >= 0.3 is 6.09 Å². The summed E-state index contributed by atoms with van der Waals surface area (Å²) >= 11 is 0. The average molecular weight is 587 g/mol. The van der Waals surface area contributed by atoms with Gasteiger partial charge in [0.05, 0.1) is 13.1 Å². The lowest BCUT2D eigenvalue weighted by atomic mass is 9.79. The molecule has 0 saturated carbocycles. The number of amides is 5. The summed E-state index contributed by atoms with van der Waals surface area (Å²) in [6.07, 6.45) is 0.843. The van der Waals surface area contributed by atoms with Gasteiger partial charge in [0, 0.05) is 31.5 Å². The zero-order valence-corrected chi connectivity index (χ0v) is 25.4. The van der Waals surface area contributed by atoms with Crippen molar-refractivity contribution in [2.45, 2.75) is 71.6 Å². The normalized spacial score (nSPS) is 17.1. The molecule has 12 nitrogen and oxygen atoms in total. The molecule has 0 aliphatic carbocycles. The standard InChI is InChI=1S/C30H46N6O6/c1-20(2)13-22(26(39)33-16-25(38)36-18-30(19-36)11-12-31-17-30)34-24(37)15-32-27(40)23(14-21-9-7-6-8-10-21)35-28(41)42-29(3,4)5/h6-10,20,22-23,31H,11-19H2,1-5H3,(H,32,40)(H,33,39)(H,34,37)(H,35,41). The Morgan fingerprint density at radius 3 is 2.19 bits per heavy atom. The lowest BCUT2D eigenvalue weighted by molar-refractivity contribution is -0.142. The number of alkyl carbamates (subject to hydrolysis) is 1. The predicted octanol–water partition coefficient (Wildman–Crippen LogP) is 0.708. The summed E-state index contributed by atoms with van der Waals surface area (Å²) in [5, 5.41) is 13.8. The highest BCUT2D eigenvalue weighted by molar-refractivity contribution is 5.93. The van der Waals surface area contributed by atoms with Gasteiger partial charge in [0.1, 0.15) is 17.7 Å². The lowest BCUT2D eigenvalue weighted by Crippen LogP contribution is -2.61. The van der Waals surface area contributed by atoms with Crippen LogP contribution in [-0.4, -0.2) is 91.6 Å². The number of carbonyl (C=O) groups is 5. The Morgan fingerprint density at radius 1 is 0.952 bits per heavy atom. The van der Waals surface area contributed by atoms with E-state index < -0.39 is 48.0 Å². The molecule has 2 aliphatic heterocycles. The first-order valence-electron chi connectivity index (χ1n) is 14.6. The number of nitrogens with one attached hydrogen (secondary N) is 5. The number of nitrogens with zero attached hydrogens (tertiary/aromatic N) is 1. The van der Waals surface area contributed by atoms with Gasteiger partial charge in [-0.05, 0) is 51.6 Å². The van der Waals surface area contributed by atoms with E-state index in [2.05, 4.69) is 26.6 Å². The fraction of sp³-hybridized carbons (Fsp3) is 0.633. The number of ether oxygens (including phenoxy) is 1. The second-order valence-electron chi connectivity index (χ2n) is 12.8. The monoisotopic (exact) mass is 586 g/mol. The quantitative estimate of drug-likeness (QED) is 0.241. The molecule has 0 bridgehead atoms. The van der Waals surface area contributed by atoms with E-state index in [9.17, 15) is 24.0 Å². The van der Waals surface area contributed by atoms with Crippen LogP contribution >= 0.6 is 0 Å². The van der Waals surface area contributed by atoms with Crippen LogP contribution in [0.5, 0.6) is 0 Å². The summed E-state index contributed by atoms with van der Waals surface area (Å²) in [5.74, 6) is -1.65. The summed E-state index contributed by atoms with van der Waals surface area (Å²) in [6.45, 7) is 11.7. The van der Waals surface area contributed by atoms with E-state index >= 15 is 0 Å². The van der Waals surface area contributed by atoms with Crippen LogP contribution in [0, 0.1) is 11.3 Å². The third-order valence-electron chi connectivity index (χ3n) is 7.22. The highest BCUT2D eigenvalue weighted by Crippen LogP contribution is 2.35. The first kappa shape index (κ1) is 32.8. The maximum Gasteiger partial charge on any atom is 0.408 e. The SMILES string of the molecule is CC(C)CC(NC(=O)CNC(=O)C(Cc1ccccc1)NC(=O)OC(C)(C)C)C(=O)NCC(=O)N1CC2(CCNC2)C1. The number of benzene rings is 1. The minimum atomic E-state index is -0.989. The van der Waals surface area contributed by atoms with Gasteiger partial charge in [-0.2, -0.15) is 0 Å². The molecule has 1 aromatic rings. The molecule has 2 fully saturated rings. The van der Waals surface area contributed by atoms with Crippen molar-refractivity contribution in [3.05, 3.63) is 35.9 Å². The second kappa shape index (κ2) is 14.5. The first-order valence-corrected chi connectivity index (χ1v) is 14.6. The van der Waals surface area contributed by atoms with Crippen LogP contribution < -0.4 is 26.6 Å². The summed E-state index contributed by atoms with van der Waals surface area (Å²) in [4.78, 5) is 65.5. The third kappa shape index (κ3) is 10.3. The van der Waals surface area contributed by atoms with Crippen LogP contribution in [0.2, 0.25) is 0 Å². The highest BCUT2D eigenvalue weighted by atomic mass is 16.6. The maximum atomic E-state index is 13.0. The van der Waals surface area contributed by atoms with Gasteiger partial charge in [0.25, 0.3) is 0 Å². The molecule has 2 aliphatic rings. The number of hydrogen-bond acceptors (Lipinski definition) is 7. The summed E-state index contributed by atoms with van der Waals surface area (Å²) in [5.41, 5.74) is 0.231. The molecule has 232 valence electrons. The van der Waals surface area contributed by atoms with Crippen molar-refractivity contribution in [2.75, 3.05) is 39.3 Å². The van der Waals surface area contributed by atoms with E-state index in [1.54, 1.807) is 25.7 Å². The molecule has 2 unspecified atom stereocenters. The zero-order chi connectivity index (χ0) is 30.9. The van der Waals surface area contributed by atoms with Crippen LogP contribution in [0.1, 0.15) is 53.0 Å². The van der Waals surface area contributed by atoms with Crippen molar-refractivity contribution in [1.29, 1.82) is 0 Å². The molecule has 0 aromatic heterocycles. The molecule has 42 heavy (non-hydrogen) atoms. The Morgan fingerprint density at radius 2 is 1.60 bits per heavy atom. The number of rotatable bonds is 12. The van der Waals surface area contributed by atoms with Gasteiger partial charge in [-0.1, -0.05) is 44.2 Å². The minimum Gasteiger partial charge on any atom is -0.444 e. The summed E-state index contributed by atoms with van der Waals surface area (Å²) in [6, 6.07) is 7.29. The molecule has 1 spiro atoms. The molecule has 5 N–H and O–H groups in total. The van der Waals surface area contributed by atoms with E-state index in [-0.39, 0.29) is 30.2 Å². The minimum absolute atomic E-state index is 0.0877. The van der Waals surface area contributed by atoms with Crippen molar-refractivity contribution in [2.24, 2.45) is 11.3 Å². The number of carbonyl (C=O) groups excluding carboxylic acids is 5. The van der Waals surface area contributed by atoms with Crippen molar-refractivity contribution in [1.82, 2.24) is 31.5 Å². The van der Waals surface area contributed by atoms with Crippen LogP contribution in [0.3, 0.4) is 0 Å². The topological polar surface area (TPSA) is 158 Å². The van der Waals surface area contributed by atoms with E-state index in [1.807, 2.05) is 44.2 Å². The molecule has 5 amide bonds. The molecular formula is C30H46N6O6. The largest absolute Gasteiger partial charge is 0.444 e. The van der Waals surface area contributed by atoms with Crippen molar-refractivity contribution < 1.29 is 28.7 Å². The molecule has 0 radical (unpaired) electrons. The van der Waals surface area contributed by atoms with Gasteiger partial charge < -0.3 is 36.2 Å². The van der Waals surface area contributed by atoms with Gasteiger partial charge in [0.15, 0.2) is 0 Å². The van der Waals surface area contributed by atoms with Gasteiger partial charge in [-0.25, -0.2) is 4.79 Å². The Balaban J connectivity index is 1.51. The Hall–Kier alpha value is -3.67. The Labute approximate surface area is 248 Å². The number of hydrogen-bond donors (Lipinski definition) is 5. The number of likely N-dealkylation sites (tertiary alicyclic amines) is 1. The third-order valence-corrected chi connectivity index (χ3v) is 7.22. The van der Waals surface area contributed by atoms with Gasteiger partial charge in [-0.3, -0.25) is 19.2 Å². The van der Waals surface area contributed by atoms with Crippen LogP contribution in [-0.2, 0) is 30.3 Å². The van der Waals surface area contributed by atoms with Crippen LogP contribution in [0.25, 0.3) is 0 Å². The predicted molar refractivity (Wildman–Crippen MR) is 157 cm³/mol. The van der Waals surface area contributed by atoms with Gasteiger partial charge in [-0.15, -0.1) is 0 Å². The molecule has 2 saturated heterocycles. The van der Waals surface area contributed by atoms with Gasteiger partial charge in [0.2, 0.25) is 23.6 Å². The highest BCUT2D eigenvalue weighted by Gasteiger charge is 2.46. The second-order valence-corrected chi connectivity index (χ2v) is 12.8. The summed E-state index contributed by atoms with van der Waals surface area (Å²) < 4.78 is 5.30. The van der Waals surface area contributed by atoms with E-state index in [4.69, 9.17) is 4.74 Å². The fourth-order valence-electron chi connectivity index (χ4n) is 5.15. The van der Waals surface area contributed by atoms with E-state index in [0.29, 0.717) is 19.5 Å². The van der Waals surface area contributed by atoms with Crippen LogP contribution in [0.4, 0.5) is 4.79 Å². The molecule has 3 rings (SSSR count). The first-order chi connectivity index (χ1) is 19.7.